The number of rotatable bonds is 3. The largest absolute Gasteiger partial charge is 0.261 e. The molecular weight excluding hydrogens is 342 g/mol. The van der Waals surface area contributed by atoms with Crippen LogP contribution in [0.1, 0.15) is 21.6 Å². The van der Waals surface area contributed by atoms with Gasteiger partial charge in [0.25, 0.3) is 0 Å². The van der Waals surface area contributed by atoms with E-state index in [1.807, 2.05) is 18.3 Å². The zero-order chi connectivity index (χ0) is 12.3. The van der Waals surface area contributed by atoms with Gasteiger partial charge in [-0.05, 0) is 42.3 Å². The first-order chi connectivity index (χ1) is 8.15. The van der Waals surface area contributed by atoms with Crippen molar-refractivity contribution in [2.75, 3.05) is 0 Å². The standard InChI is InChI=1S/C14H13Br2N/c1-10-6-11(8-12(15)7-10)14(16)9-13-4-2-3-5-17-13/h2-8,14H,9H2,1H3. The molecule has 0 radical (unpaired) electrons. The summed E-state index contributed by atoms with van der Waals surface area (Å²) in [6.45, 7) is 2.11. The molecule has 1 atom stereocenters. The molecule has 1 aromatic carbocycles. The van der Waals surface area contributed by atoms with Gasteiger partial charge in [0.15, 0.2) is 0 Å². The quantitative estimate of drug-likeness (QED) is 0.719. The highest BCUT2D eigenvalue weighted by Gasteiger charge is 2.10. The average molecular weight is 355 g/mol. The Morgan fingerprint density at radius 3 is 2.71 bits per heavy atom. The van der Waals surface area contributed by atoms with Crippen LogP contribution in [0.4, 0.5) is 0 Å². The number of pyridine rings is 1. The molecule has 0 aliphatic carbocycles. The minimum Gasteiger partial charge on any atom is -0.261 e. The van der Waals surface area contributed by atoms with Crippen LogP contribution < -0.4 is 0 Å². The van der Waals surface area contributed by atoms with Crippen LogP contribution in [0.15, 0.2) is 47.1 Å². The number of benzene rings is 1. The van der Waals surface area contributed by atoms with Gasteiger partial charge in [0.2, 0.25) is 0 Å². The molecule has 0 saturated heterocycles. The number of halogens is 2. The van der Waals surface area contributed by atoms with Gasteiger partial charge in [-0.25, -0.2) is 0 Å². The fraction of sp³-hybridized carbons (Fsp3) is 0.214. The normalized spacial score (nSPS) is 12.4. The number of hydrogen-bond donors (Lipinski definition) is 0. The lowest BCUT2D eigenvalue weighted by Gasteiger charge is -2.11. The first-order valence-corrected chi connectivity index (χ1v) is 7.17. The lowest BCUT2D eigenvalue weighted by atomic mass is 10.1. The van der Waals surface area contributed by atoms with E-state index in [0.29, 0.717) is 4.83 Å². The molecule has 2 aromatic rings. The lowest BCUT2D eigenvalue weighted by molar-refractivity contribution is 0.902. The molecule has 1 aromatic heterocycles. The van der Waals surface area contributed by atoms with Gasteiger partial charge >= 0.3 is 0 Å². The van der Waals surface area contributed by atoms with E-state index < -0.39 is 0 Å². The minimum absolute atomic E-state index is 0.300. The van der Waals surface area contributed by atoms with Crippen LogP contribution in [0, 0.1) is 6.92 Å². The summed E-state index contributed by atoms with van der Waals surface area (Å²) in [5, 5.41) is 0. The maximum Gasteiger partial charge on any atom is 0.0451 e. The predicted molar refractivity (Wildman–Crippen MR) is 78.5 cm³/mol. The molecule has 0 aliphatic heterocycles. The molecule has 1 unspecified atom stereocenters. The number of aryl methyl sites for hydroxylation is 1. The van der Waals surface area contributed by atoms with Gasteiger partial charge in [-0.3, -0.25) is 4.98 Å². The van der Waals surface area contributed by atoms with E-state index in [1.165, 1.54) is 11.1 Å². The topological polar surface area (TPSA) is 12.9 Å². The molecule has 3 heteroatoms. The summed E-state index contributed by atoms with van der Waals surface area (Å²) in [5.41, 5.74) is 3.65. The first-order valence-electron chi connectivity index (χ1n) is 5.46. The van der Waals surface area contributed by atoms with Crippen molar-refractivity contribution >= 4 is 31.9 Å². The number of nitrogens with zero attached hydrogens (tertiary/aromatic N) is 1. The Morgan fingerprint density at radius 2 is 2.06 bits per heavy atom. The van der Waals surface area contributed by atoms with Crippen molar-refractivity contribution in [1.82, 2.24) is 4.98 Å². The van der Waals surface area contributed by atoms with Gasteiger partial charge in [-0.1, -0.05) is 44.0 Å². The molecule has 0 amide bonds. The molecule has 1 nitrogen and oxygen atoms in total. The third-order valence-electron chi connectivity index (χ3n) is 2.54. The van der Waals surface area contributed by atoms with Crippen molar-refractivity contribution in [1.29, 1.82) is 0 Å². The number of aromatic nitrogens is 1. The van der Waals surface area contributed by atoms with Gasteiger partial charge in [0, 0.05) is 27.6 Å². The van der Waals surface area contributed by atoms with E-state index >= 15 is 0 Å². The Balaban J connectivity index is 2.17. The Bertz CT molecular complexity index is 477. The SMILES string of the molecule is Cc1cc(Br)cc(C(Br)Cc2ccccn2)c1. The summed E-state index contributed by atoms with van der Waals surface area (Å²) in [6.07, 6.45) is 2.73. The van der Waals surface area contributed by atoms with Crippen LogP contribution in [0.5, 0.6) is 0 Å². The van der Waals surface area contributed by atoms with Gasteiger partial charge in [0.05, 0.1) is 0 Å². The molecular formula is C14H13Br2N. The van der Waals surface area contributed by atoms with Crippen molar-refractivity contribution in [3.63, 3.8) is 0 Å². The van der Waals surface area contributed by atoms with Crippen molar-refractivity contribution in [3.05, 3.63) is 63.9 Å². The number of alkyl halides is 1. The predicted octanol–water partition coefficient (Wildman–Crippen LogP) is 4.83. The minimum atomic E-state index is 0.300. The molecule has 0 N–H and O–H groups in total. The van der Waals surface area contributed by atoms with Gasteiger partial charge in [-0.2, -0.15) is 0 Å². The van der Waals surface area contributed by atoms with Crippen LogP contribution in [0.2, 0.25) is 0 Å². The average Bonchev–Trinajstić information content (AvgIpc) is 2.29. The third-order valence-corrected chi connectivity index (χ3v) is 3.85. The molecule has 0 saturated carbocycles. The summed E-state index contributed by atoms with van der Waals surface area (Å²) in [7, 11) is 0. The summed E-state index contributed by atoms with van der Waals surface area (Å²) in [4.78, 5) is 4.65. The van der Waals surface area contributed by atoms with Gasteiger partial charge < -0.3 is 0 Å². The van der Waals surface area contributed by atoms with E-state index in [4.69, 9.17) is 0 Å². The Morgan fingerprint density at radius 1 is 1.24 bits per heavy atom. The van der Waals surface area contributed by atoms with Crippen LogP contribution in [0.25, 0.3) is 0 Å². The molecule has 2 rings (SSSR count). The van der Waals surface area contributed by atoms with Crippen molar-refractivity contribution < 1.29 is 0 Å². The van der Waals surface area contributed by atoms with E-state index in [2.05, 4.69) is 68.0 Å². The van der Waals surface area contributed by atoms with Gasteiger partial charge in [-0.15, -0.1) is 0 Å². The summed E-state index contributed by atoms with van der Waals surface area (Å²) in [5.74, 6) is 0. The molecule has 0 aliphatic rings. The molecule has 88 valence electrons. The summed E-state index contributed by atoms with van der Waals surface area (Å²) >= 11 is 7.26. The van der Waals surface area contributed by atoms with E-state index in [-0.39, 0.29) is 0 Å². The first kappa shape index (κ1) is 12.8. The summed E-state index contributed by atoms with van der Waals surface area (Å²) < 4.78 is 1.12. The van der Waals surface area contributed by atoms with Crippen LogP contribution in [-0.4, -0.2) is 4.98 Å². The fourth-order valence-electron chi connectivity index (χ4n) is 1.77. The zero-order valence-corrected chi connectivity index (χ0v) is 12.7. The van der Waals surface area contributed by atoms with Crippen LogP contribution in [0.3, 0.4) is 0 Å². The number of hydrogen-bond acceptors (Lipinski definition) is 1. The third kappa shape index (κ3) is 3.65. The fourth-order valence-corrected chi connectivity index (χ4v) is 2.99. The van der Waals surface area contributed by atoms with E-state index in [1.54, 1.807) is 0 Å². The molecule has 17 heavy (non-hydrogen) atoms. The lowest BCUT2D eigenvalue weighted by Crippen LogP contribution is -1.98. The van der Waals surface area contributed by atoms with Crippen molar-refractivity contribution in [2.24, 2.45) is 0 Å². The maximum absolute atomic E-state index is 4.35. The highest BCUT2D eigenvalue weighted by Crippen LogP contribution is 2.29. The molecule has 0 bridgehead atoms. The van der Waals surface area contributed by atoms with E-state index in [0.717, 1.165) is 16.6 Å². The van der Waals surface area contributed by atoms with Crippen molar-refractivity contribution in [3.8, 4) is 0 Å². The molecule has 0 spiro atoms. The monoisotopic (exact) mass is 353 g/mol. The van der Waals surface area contributed by atoms with E-state index in [9.17, 15) is 0 Å². The highest BCUT2D eigenvalue weighted by molar-refractivity contribution is 9.10. The smallest absolute Gasteiger partial charge is 0.0451 e. The van der Waals surface area contributed by atoms with Crippen LogP contribution in [-0.2, 0) is 6.42 Å². The Kier molecular flexibility index (Phi) is 4.35. The highest BCUT2D eigenvalue weighted by atomic mass is 79.9. The second kappa shape index (κ2) is 5.78. The second-order valence-corrected chi connectivity index (χ2v) is 6.08. The second-order valence-electron chi connectivity index (χ2n) is 4.05. The maximum atomic E-state index is 4.35. The molecule has 0 fully saturated rings. The summed E-state index contributed by atoms with van der Waals surface area (Å²) in [6, 6.07) is 12.5. The Labute approximate surface area is 119 Å². The molecule has 1 heterocycles. The van der Waals surface area contributed by atoms with Crippen LogP contribution >= 0.6 is 31.9 Å². The Hall–Kier alpha value is -0.670. The zero-order valence-electron chi connectivity index (χ0n) is 9.53. The van der Waals surface area contributed by atoms with Crippen molar-refractivity contribution in [2.45, 2.75) is 18.2 Å². The van der Waals surface area contributed by atoms with Gasteiger partial charge in [0.1, 0.15) is 0 Å².